The summed E-state index contributed by atoms with van der Waals surface area (Å²) in [6, 6.07) is 6.22. The Labute approximate surface area is 109 Å². The molecule has 0 saturated heterocycles. The third-order valence-corrected chi connectivity index (χ3v) is 2.02. The number of esters is 2. The highest BCUT2D eigenvalue weighted by Crippen LogP contribution is 2.13. The molecular weight excluding hydrogens is 252 g/mol. The maximum atomic E-state index is 11.1. The number of ether oxygens (including phenoxy) is 2. The van der Waals surface area contributed by atoms with Gasteiger partial charge in [0.2, 0.25) is 0 Å². The Morgan fingerprint density at radius 3 is 2.37 bits per heavy atom. The number of benzene rings is 1. The van der Waals surface area contributed by atoms with Crippen LogP contribution in [0.2, 0.25) is 0 Å². The van der Waals surface area contributed by atoms with E-state index in [2.05, 4.69) is 4.74 Å². The molecule has 0 spiro atoms. The number of carboxylic acid groups (broad SMARTS) is 1. The molecule has 19 heavy (non-hydrogen) atoms. The fourth-order valence-electron chi connectivity index (χ4n) is 1.17. The van der Waals surface area contributed by atoms with E-state index in [9.17, 15) is 14.4 Å². The third-order valence-electron chi connectivity index (χ3n) is 2.02. The van der Waals surface area contributed by atoms with Crippen molar-refractivity contribution < 1.29 is 29.0 Å². The molecule has 0 fully saturated rings. The molecule has 0 aliphatic carbocycles. The third kappa shape index (κ3) is 5.49. The molecule has 0 saturated carbocycles. The first kappa shape index (κ1) is 14.4. The van der Waals surface area contributed by atoms with Gasteiger partial charge in [0.25, 0.3) is 0 Å². The number of methoxy groups -OCH3 is 1. The Kier molecular flexibility index (Phi) is 5.28. The van der Waals surface area contributed by atoms with Crippen molar-refractivity contribution in [1.82, 2.24) is 0 Å². The van der Waals surface area contributed by atoms with Gasteiger partial charge in [-0.15, -0.1) is 0 Å². The van der Waals surface area contributed by atoms with Crippen LogP contribution in [0.25, 0.3) is 6.08 Å². The van der Waals surface area contributed by atoms with Gasteiger partial charge >= 0.3 is 17.9 Å². The van der Waals surface area contributed by atoms with Crippen LogP contribution >= 0.6 is 0 Å². The van der Waals surface area contributed by atoms with Crippen molar-refractivity contribution in [2.24, 2.45) is 0 Å². The van der Waals surface area contributed by atoms with E-state index in [1.807, 2.05) is 0 Å². The zero-order chi connectivity index (χ0) is 14.3. The molecule has 6 heteroatoms. The van der Waals surface area contributed by atoms with E-state index in [0.29, 0.717) is 5.56 Å². The van der Waals surface area contributed by atoms with Gasteiger partial charge < -0.3 is 14.6 Å². The first-order valence-corrected chi connectivity index (χ1v) is 5.30. The average Bonchev–Trinajstić information content (AvgIpc) is 2.36. The number of carboxylic acids is 1. The first-order valence-electron chi connectivity index (χ1n) is 5.30. The number of carbonyl (C=O) groups excluding carboxylic acids is 2. The Hall–Kier alpha value is -2.63. The van der Waals surface area contributed by atoms with Crippen molar-refractivity contribution >= 4 is 24.0 Å². The highest BCUT2D eigenvalue weighted by Gasteiger charge is 2.09. The van der Waals surface area contributed by atoms with Gasteiger partial charge in [-0.2, -0.15) is 0 Å². The van der Waals surface area contributed by atoms with E-state index < -0.39 is 24.3 Å². The van der Waals surface area contributed by atoms with E-state index in [4.69, 9.17) is 9.84 Å². The molecule has 0 aliphatic heterocycles. The van der Waals surface area contributed by atoms with Crippen LogP contribution < -0.4 is 4.74 Å². The minimum Gasteiger partial charge on any atom is -0.481 e. The van der Waals surface area contributed by atoms with E-state index in [0.717, 1.165) is 0 Å². The molecule has 0 bridgehead atoms. The molecule has 0 radical (unpaired) electrons. The second kappa shape index (κ2) is 6.95. The number of hydrogen-bond acceptors (Lipinski definition) is 5. The lowest BCUT2D eigenvalue weighted by Crippen LogP contribution is -2.13. The summed E-state index contributed by atoms with van der Waals surface area (Å²) in [5.74, 6) is -2.33. The SMILES string of the molecule is COC(=O)C=Cc1ccc(OC(=O)CC(=O)O)cc1. The summed E-state index contributed by atoms with van der Waals surface area (Å²) >= 11 is 0. The van der Waals surface area contributed by atoms with Crippen LogP contribution in [-0.4, -0.2) is 30.1 Å². The highest BCUT2D eigenvalue weighted by atomic mass is 16.5. The topological polar surface area (TPSA) is 89.9 Å². The monoisotopic (exact) mass is 264 g/mol. The molecular formula is C13H12O6. The lowest BCUT2D eigenvalue weighted by molar-refractivity contribution is -0.145. The second-order valence-corrected chi connectivity index (χ2v) is 3.47. The number of rotatable bonds is 5. The van der Waals surface area contributed by atoms with Gasteiger partial charge in [-0.25, -0.2) is 4.79 Å². The van der Waals surface area contributed by atoms with Crippen molar-refractivity contribution in [1.29, 1.82) is 0 Å². The molecule has 6 nitrogen and oxygen atoms in total. The van der Waals surface area contributed by atoms with Crippen molar-refractivity contribution in [3.05, 3.63) is 35.9 Å². The Balaban J connectivity index is 2.61. The summed E-state index contributed by atoms with van der Waals surface area (Å²) in [7, 11) is 1.28. The fraction of sp³-hybridized carbons (Fsp3) is 0.154. The smallest absolute Gasteiger partial charge is 0.330 e. The summed E-state index contributed by atoms with van der Waals surface area (Å²) in [5.41, 5.74) is 0.712. The van der Waals surface area contributed by atoms with Crippen molar-refractivity contribution in [3.63, 3.8) is 0 Å². The van der Waals surface area contributed by atoms with Gasteiger partial charge in [-0.1, -0.05) is 12.1 Å². The van der Waals surface area contributed by atoms with E-state index in [-0.39, 0.29) is 5.75 Å². The molecule has 0 aromatic heterocycles. The summed E-state index contributed by atoms with van der Waals surface area (Å²) < 4.78 is 9.23. The van der Waals surface area contributed by atoms with Crippen molar-refractivity contribution in [2.45, 2.75) is 6.42 Å². The normalized spacial score (nSPS) is 10.2. The van der Waals surface area contributed by atoms with Gasteiger partial charge in [-0.05, 0) is 23.8 Å². The van der Waals surface area contributed by atoms with Crippen LogP contribution in [0.5, 0.6) is 5.75 Å². The summed E-state index contributed by atoms with van der Waals surface area (Å²) in [6.07, 6.45) is 2.10. The summed E-state index contributed by atoms with van der Waals surface area (Å²) in [6.45, 7) is 0. The Morgan fingerprint density at radius 1 is 1.21 bits per heavy atom. The highest BCUT2D eigenvalue weighted by molar-refractivity contribution is 5.91. The number of hydrogen-bond donors (Lipinski definition) is 1. The van der Waals surface area contributed by atoms with Gasteiger partial charge in [0.05, 0.1) is 7.11 Å². The van der Waals surface area contributed by atoms with Crippen LogP contribution in [-0.2, 0) is 19.1 Å². The lowest BCUT2D eigenvalue weighted by Gasteiger charge is -2.02. The Bertz CT molecular complexity index is 500. The number of carbonyl (C=O) groups is 3. The molecule has 1 rings (SSSR count). The molecule has 1 N–H and O–H groups in total. The fourth-order valence-corrected chi connectivity index (χ4v) is 1.17. The molecule has 0 unspecified atom stereocenters. The van der Waals surface area contributed by atoms with E-state index >= 15 is 0 Å². The van der Waals surface area contributed by atoms with Crippen LogP contribution in [0, 0.1) is 0 Å². The van der Waals surface area contributed by atoms with E-state index in [1.165, 1.54) is 31.4 Å². The van der Waals surface area contributed by atoms with Gasteiger partial charge in [0.1, 0.15) is 12.2 Å². The average molecular weight is 264 g/mol. The van der Waals surface area contributed by atoms with Crippen LogP contribution in [0.15, 0.2) is 30.3 Å². The number of aliphatic carboxylic acids is 1. The molecule has 0 aliphatic rings. The predicted molar refractivity (Wildman–Crippen MR) is 65.4 cm³/mol. The first-order chi connectivity index (χ1) is 9.01. The maximum absolute atomic E-state index is 11.1. The van der Waals surface area contributed by atoms with Crippen LogP contribution in [0.4, 0.5) is 0 Å². The zero-order valence-corrected chi connectivity index (χ0v) is 10.2. The quantitative estimate of drug-likeness (QED) is 0.372. The molecule has 1 aromatic rings. The molecule has 1 aromatic carbocycles. The summed E-state index contributed by atoms with van der Waals surface area (Å²) in [4.78, 5) is 32.2. The van der Waals surface area contributed by atoms with Crippen molar-refractivity contribution in [2.75, 3.05) is 7.11 Å². The Morgan fingerprint density at radius 2 is 1.84 bits per heavy atom. The maximum Gasteiger partial charge on any atom is 0.330 e. The predicted octanol–water partition coefficient (Wildman–Crippen LogP) is 1.25. The molecule has 0 amide bonds. The van der Waals surface area contributed by atoms with Gasteiger partial charge in [0, 0.05) is 6.08 Å². The standard InChI is InChI=1S/C13H12O6/c1-18-12(16)7-4-9-2-5-10(6-3-9)19-13(17)8-11(14)15/h2-7H,8H2,1H3,(H,14,15). The lowest BCUT2D eigenvalue weighted by atomic mass is 10.2. The van der Waals surface area contributed by atoms with Crippen LogP contribution in [0.1, 0.15) is 12.0 Å². The van der Waals surface area contributed by atoms with Gasteiger partial charge in [-0.3, -0.25) is 9.59 Å². The van der Waals surface area contributed by atoms with Crippen LogP contribution in [0.3, 0.4) is 0 Å². The van der Waals surface area contributed by atoms with Gasteiger partial charge in [0.15, 0.2) is 0 Å². The molecule has 0 atom stereocenters. The largest absolute Gasteiger partial charge is 0.481 e. The molecule has 0 heterocycles. The zero-order valence-electron chi connectivity index (χ0n) is 10.2. The molecule has 100 valence electrons. The second-order valence-electron chi connectivity index (χ2n) is 3.47. The minimum atomic E-state index is -1.25. The summed E-state index contributed by atoms with van der Waals surface area (Å²) in [5, 5.41) is 8.40. The minimum absolute atomic E-state index is 0.237. The van der Waals surface area contributed by atoms with Crippen molar-refractivity contribution in [3.8, 4) is 5.75 Å². The van der Waals surface area contributed by atoms with E-state index in [1.54, 1.807) is 12.1 Å².